The predicted octanol–water partition coefficient (Wildman–Crippen LogP) is 0.760. The fourth-order valence-corrected chi connectivity index (χ4v) is 2.55. The number of nitrogens with zero attached hydrogens (tertiary/aromatic N) is 3. The fraction of sp³-hybridized carbons (Fsp3) is 0.769. The van der Waals surface area contributed by atoms with Crippen LogP contribution in [0.4, 0.5) is 0 Å². The van der Waals surface area contributed by atoms with E-state index in [1.165, 1.54) is 12.8 Å². The Balaban J connectivity index is 1.74. The van der Waals surface area contributed by atoms with Crippen molar-refractivity contribution in [1.29, 1.82) is 0 Å². The molecule has 0 aromatic heterocycles. The lowest BCUT2D eigenvalue weighted by molar-refractivity contribution is -0.131. The molecule has 17 heavy (non-hydrogen) atoms. The molecule has 2 aliphatic rings. The highest BCUT2D eigenvalue weighted by Crippen LogP contribution is 2.10. The van der Waals surface area contributed by atoms with E-state index in [4.69, 9.17) is 0 Å². The van der Waals surface area contributed by atoms with Crippen LogP contribution in [0.5, 0.6) is 0 Å². The van der Waals surface area contributed by atoms with Gasteiger partial charge >= 0.3 is 0 Å². The Kier molecular flexibility index (Phi) is 4.05. The second kappa shape index (κ2) is 5.54. The molecule has 2 saturated heterocycles. The summed E-state index contributed by atoms with van der Waals surface area (Å²) in [6.07, 6.45) is 2.35. The zero-order chi connectivity index (χ0) is 12.3. The van der Waals surface area contributed by atoms with Crippen LogP contribution in [0.2, 0.25) is 0 Å². The number of piperazine rings is 1. The maximum Gasteiger partial charge on any atom is 0.236 e. The number of hydrogen-bond donors (Lipinski definition) is 0. The van der Waals surface area contributed by atoms with Gasteiger partial charge in [-0.15, -0.1) is 0 Å². The van der Waals surface area contributed by atoms with Gasteiger partial charge in [0.15, 0.2) is 0 Å². The molecule has 4 heteroatoms. The first-order valence-corrected chi connectivity index (χ1v) is 6.57. The molecule has 0 spiro atoms. The van der Waals surface area contributed by atoms with Crippen molar-refractivity contribution in [2.45, 2.75) is 19.8 Å². The van der Waals surface area contributed by atoms with Crippen molar-refractivity contribution in [1.82, 2.24) is 14.7 Å². The van der Waals surface area contributed by atoms with E-state index in [0.29, 0.717) is 12.5 Å². The summed E-state index contributed by atoms with van der Waals surface area (Å²) in [5.74, 6) is 0.311. The fourth-order valence-electron chi connectivity index (χ4n) is 2.55. The highest BCUT2D eigenvalue weighted by molar-refractivity contribution is 5.78. The standard InChI is InChI=1S/C13H23N3O/c1-12(2)15-9-7-14(8-10-15)11-13(17)16-5-3-4-6-16/h1,3-11H2,2H3. The van der Waals surface area contributed by atoms with E-state index in [9.17, 15) is 4.79 Å². The molecule has 0 aromatic rings. The molecule has 0 N–H and O–H groups in total. The van der Waals surface area contributed by atoms with Crippen LogP contribution in [0.15, 0.2) is 12.3 Å². The van der Waals surface area contributed by atoms with Crippen LogP contribution < -0.4 is 0 Å². The first-order chi connectivity index (χ1) is 8.16. The second-order valence-corrected chi connectivity index (χ2v) is 5.09. The molecule has 2 aliphatic heterocycles. The summed E-state index contributed by atoms with van der Waals surface area (Å²) in [4.78, 5) is 18.5. The van der Waals surface area contributed by atoms with E-state index in [1.54, 1.807) is 0 Å². The Morgan fingerprint density at radius 2 is 1.59 bits per heavy atom. The lowest BCUT2D eigenvalue weighted by Crippen LogP contribution is -2.49. The zero-order valence-corrected chi connectivity index (χ0v) is 10.8. The number of hydrogen-bond acceptors (Lipinski definition) is 3. The molecular formula is C13H23N3O. The molecule has 96 valence electrons. The first-order valence-electron chi connectivity index (χ1n) is 6.57. The largest absolute Gasteiger partial charge is 0.373 e. The summed E-state index contributed by atoms with van der Waals surface area (Å²) in [6.45, 7) is 12.5. The summed E-state index contributed by atoms with van der Waals surface area (Å²) in [5.41, 5.74) is 1.13. The molecule has 0 unspecified atom stereocenters. The van der Waals surface area contributed by atoms with Crippen LogP contribution in [0.1, 0.15) is 19.8 Å². The average Bonchev–Trinajstić information content (AvgIpc) is 2.83. The van der Waals surface area contributed by atoms with E-state index in [0.717, 1.165) is 45.0 Å². The van der Waals surface area contributed by atoms with Crippen molar-refractivity contribution in [3.05, 3.63) is 12.3 Å². The number of rotatable bonds is 3. The third-order valence-electron chi connectivity index (χ3n) is 3.73. The van der Waals surface area contributed by atoms with Gasteiger partial charge in [-0.2, -0.15) is 0 Å². The van der Waals surface area contributed by atoms with Gasteiger partial charge in [-0.25, -0.2) is 0 Å². The van der Waals surface area contributed by atoms with Crippen molar-refractivity contribution in [2.75, 3.05) is 45.8 Å². The molecule has 4 nitrogen and oxygen atoms in total. The summed E-state index contributed by atoms with van der Waals surface area (Å²) >= 11 is 0. The minimum absolute atomic E-state index is 0.311. The monoisotopic (exact) mass is 237 g/mol. The third-order valence-corrected chi connectivity index (χ3v) is 3.73. The Morgan fingerprint density at radius 3 is 2.12 bits per heavy atom. The number of likely N-dealkylation sites (tertiary alicyclic amines) is 1. The minimum Gasteiger partial charge on any atom is -0.373 e. The van der Waals surface area contributed by atoms with Gasteiger partial charge in [0.25, 0.3) is 0 Å². The predicted molar refractivity (Wildman–Crippen MR) is 68.6 cm³/mol. The molecular weight excluding hydrogens is 214 g/mol. The van der Waals surface area contributed by atoms with Gasteiger partial charge in [0.1, 0.15) is 0 Å². The smallest absolute Gasteiger partial charge is 0.236 e. The Hall–Kier alpha value is -1.03. The van der Waals surface area contributed by atoms with Crippen LogP contribution in [0.25, 0.3) is 0 Å². The zero-order valence-electron chi connectivity index (χ0n) is 10.8. The first kappa shape index (κ1) is 12.4. The highest BCUT2D eigenvalue weighted by atomic mass is 16.2. The molecule has 0 bridgehead atoms. The maximum atomic E-state index is 12.0. The molecule has 0 radical (unpaired) electrons. The third kappa shape index (κ3) is 3.22. The van der Waals surface area contributed by atoms with E-state index in [2.05, 4.69) is 16.4 Å². The van der Waals surface area contributed by atoms with E-state index in [1.807, 2.05) is 11.8 Å². The van der Waals surface area contributed by atoms with Gasteiger partial charge in [-0.3, -0.25) is 9.69 Å². The van der Waals surface area contributed by atoms with E-state index >= 15 is 0 Å². The van der Waals surface area contributed by atoms with Crippen molar-refractivity contribution in [2.24, 2.45) is 0 Å². The molecule has 2 heterocycles. The quantitative estimate of drug-likeness (QED) is 0.725. The Morgan fingerprint density at radius 1 is 1.00 bits per heavy atom. The number of carbonyl (C=O) groups is 1. The molecule has 2 rings (SSSR count). The summed E-state index contributed by atoms with van der Waals surface area (Å²) in [5, 5.41) is 0. The van der Waals surface area contributed by atoms with Gasteiger partial charge < -0.3 is 9.80 Å². The average molecular weight is 237 g/mol. The van der Waals surface area contributed by atoms with Gasteiger partial charge in [0.2, 0.25) is 5.91 Å². The highest BCUT2D eigenvalue weighted by Gasteiger charge is 2.22. The van der Waals surface area contributed by atoms with Gasteiger partial charge in [0.05, 0.1) is 6.54 Å². The maximum absolute atomic E-state index is 12.0. The van der Waals surface area contributed by atoms with Gasteiger partial charge in [-0.05, 0) is 19.8 Å². The van der Waals surface area contributed by atoms with Gasteiger partial charge in [-0.1, -0.05) is 6.58 Å². The van der Waals surface area contributed by atoms with Crippen LogP contribution in [-0.4, -0.2) is 66.4 Å². The van der Waals surface area contributed by atoms with Crippen molar-refractivity contribution in [3.63, 3.8) is 0 Å². The van der Waals surface area contributed by atoms with Crippen LogP contribution in [-0.2, 0) is 4.79 Å². The van der Waals surface area contributed by atoms with E-state index in [-0.39, 0.29) is 0 Å². The lowest BCUT2D eigenvalue weighted by Gasteiger charge is -2.36. The topological polar surface area (TPSA) is 26.8 Å². The van der Waals surface area contributed by atoms with Crippen molar-refractivity contribution < 1.29 is 4.79 Å². The molecule has 2 fully saturated rings. The van der Waals surface area contributed by atoms with Crippen LogP contribution in [0.3, 0.4) is 0 Å². The van der Waals surface area contributed by atoms with Crippen LogP contribution in [0, 0.1) is 0 Å². The second-order valence-electron chi connectivity index (χ2n) is 5.09. The molecule has 0 aromatic carbocycles. The normalized spacial score (nSPS) is 21.9. The Labute approximate surface area is 104 Å². The minimum atomic E-state index is 0.311. The summed E-state index contributed by atoms with van der Waals surface area (Å²) in [6, 6.07) is 0. The SMILES string of the molecule is C=C(C)N1CCN(CC(=O)N2CCCC2)CC1. The lowest BCUT2D eigenvalue weighted by atomic mass is 10.3. The van der Waals surface area contributed by atoms with Crippen molar-refractivity contribution >= 4 is 5.91 Å². The van der Waals surface area contributed by atoms with Gasteiger partial charge in [0, 0.05) is 45.0 Å². The van der Waals surface area contributed by atoms with Crippen LogP contribution >= 0.6 is 0 Å². The molecule has 1 amide bonds. The Bertz CT molecular complexity index is 289. The van der Waals surface area contributed by atoms with E-state index < -0.39 is 0 Å². The molecule has 0 saturated carbocycles. The summed E-state index contributed by atoms with van der Waals surface area (Å²) in [7, 11) is 0. The number of allylic oxidation sites excluding steroid dienone is 1. The number of carbonyl (C=O) groups excluding carboxylic acids is 1. The number of amides is 1. The summed E-state index contributed by atoms with van der Waals surface area (Å²) < 4.78 is 0. The molecule has 0 atom stereocenters. The van der Waals surface area contributed by atoms with Crippen molar-refractivity contribution in [3.8, 4) is 0 Å². The molecule has 0 aliphatic carbocycles.